The van der Waals surface area contributed by atoms with Crippen molar-refractivity contribution in [1.29, 1.82) is 0 Å². The molecule has 39 heavy (non-hydrogen) atoms. The number of aromatic nitrogens is 3. The number of nitrogens with zero attached hydrogens (tertiary/aromatic N) is 6. The minimum atomic E-state index is -1.93. The predicted molar refractivity (Wildman–Crippen MR) is 129 cm³/mol. The van der Waals surface area contributed by atoms with Gasteiger partial charge < -0.3 is 15.3 Å². The van der Waals surface area contributed by atoms with Crippen LogP contribution in [0.4, 0.5) is 14.0 Å². The number of hydrogen-bond acceptors (Lipinski definition) is 8. The lowest BCUT2D eigenvalue weighted by Gasteiger charge is -2.47. The van der Waals surface area contributed by atoms with Crippen LogP contribution < -0.4 is 0 Å². The molecule has 1 aromatic heterocycles. The van der Waals surface area contributed by atoms with Crippen LogP contribution in [0.25, 0.3) is 0 Å². The van der Waals surface area contributed by atoms with Crippen molar-refractivity contribution < 1.29 is 48.5 Å². The van der Waals surface area contributed by atoms with Crippen LogP contribution in [0.15, 0.2) is 6.20 Å². The molecule has 1 fully saturated rings. The van der Waals surface area contributed by atoms with E-state index in [0.717, 1.165) is 0 Å². The third kappa shape index (κ3) is 6.86. The van der Waals surface area contributed by atoms with Crippen LogP contribution in [-0.4, -0.2) is 100 Å². The zero-order valence-electron chi connectivity index (χ0n) is 21.8. The number of amides is 5. The van der Waals surface area contributed by atoms with E-state index in [0.29, 0.717) is 41.4 Å². The van der Waals surface area contributed by atoms with E-state index in [1.807, 2.05) is 0 Å². The molecule has 216 valence electrons. The smallest absolute Gasteiger partial charge is 0.426 e. The summed E-state index contributed by atoms with van der Waals surface area (Å²) in [6, 6.07) is -3.40. The van der Waals surface area contributed by atoms with Crippen molar-refractivity contribution in [3.8, 4) is 0 Å². The molecule has 0 aliphatic carbocycles. The maximum absolute atomic E-state index is 13.5. The lowest BCUT2D eigenvalue weighted by molar-refractivity contribution is -0.174. The number of unbranched alkanes of at least 4 members (excludes halogenated alkanes) is 1. The van der Waals surface area contributed by atoms with Gasteiger partial charge in [0.05, 0.1) is 12.4 Å². The van der Waals surface area contributed by atoms with Gasteiger partial charge in [0.2, 0.25) is 5.91 Å². The van der Waals surface area contributed by atoms with Gasteiger partial charge in [0.25, 0.3) is 5.91 Å². The van der Waals surface area contributed by atoms with Gasteiger partial charge in [0.15, 0.2) is 0 Å². The van der Waals surface area contributed by atoms with Gasteiger partial charge in [-0.25, -0.2) is 24.3 Å². The normalized spacial score (nSPS) is 15.9. The molecule has 1 aliphatic rings. The number of carbonyl (C=O) groups excluding carboxylic acids is 3. The van der Waals surface area contributed by atoms with E-state index in [9.17, 15) is 43.4 Å². The van der Waals surface area contributed by atoms with Crippen molar-refractivity contribution in [2.75, 3.05) is 13.2 Å². The minimum Gasteiger partial charge on any atom is -0.481 e. The number of urea groups is 1. The molecule has 0 radical (unpaired) electrons. The summed E-state index contributed by atoms with van der Waals surface area (Å²) in [7, 11) is 0. The Morgan fingerprint density at radius 1 is 1.05 bits per heavy atom. The molecule has 15 nitrogen and oxygen atoms in total. The molecular formula is C23H33FN6O9. The van der Waals surface area contributed by atoms with Crippen LogP contribution in [0.1, 0.15) is 64.5 Å². The molecule has 1 aliphatic heterocycles. The SMILES string of the molecule is CCC1(CC)C(=O)N([C@@H](CCC(=O)O)C(=O)O)C(=O)N(N(CCCCn2cc(CCCF)nn2)C(=O)O)C1=O. The van der Waals surface area contributed by atoms with E-state index in [-0.39, 0.29) is 30.8 Å². The summed E-state index contributed by atoms with van der Waals surface area (Å²) in [6.45, 7) is 2.42. The van der Waals surface area contributed by atoms with Crippen molar-refractivity contribution in [2.45, 2.75) is 77.8 Å². The summed E-state index contributed by atoms with van der Waals surface area (Å²) >= 11 is 0. The zero-order valence-corrected chi connectivity index (χ0v) is 21.8. The molecule has 0 spiro atoms. The number of rotatable bonds is 16. The third-order valence-electron chi connectivity index (χ3n) is 6.67. The zero-order chi connectivity index (χ0) is 29.3. The van der Waals surface area contributed by atoms with Crippen molar-refractivity contribution >= 4 is 35.9 Å². The van der Waals surface area contributed by atoms with Gasteiger partial charge in [-0.15, -0.1) is 5.10 Å². The second kappa shape index (κ2) is 13.6. The van der Waals surface area contributed by atoms with Crippen molar-refractivity contribution in [3.05, 3.63) is 11.9 Å². The second-order valence-electron chi connectivity index (χ2n) is 9.03. The molecule has 0 saturated carbocycles. The number of barbiturate groups is 1. The summed E-state index contributed by atoms with van der Waals surface area (Å²) in [5.74, 6) is -5.25. The summed E-state index contributed by atoms with van der Waals surface area (Å²) in [5.41, 5.74) is -1.32. The Kier molecular flexibility index (Phi) is 10.9. The number of hydrogen-bond donors (Lipinski definition) is 3. The third-order valence-corrected chi connectivity index (χ3v) is 6.67. The van der Waals surface area contributed by atoms with Crippen molar-refractivity contribution in [3.63, 3.8) is 0 Å². The first kappa shape index (κ1) is 31.1. The topological polar surface area (TPSA) is 204 Å². The van der Waals surface area contributed by atoms with Gasteiger partial charge >= 0.3 is 24.1 Å². The second-order valence-corrected chi connectivity index (χ2v) is 9.03. The number of imide groups is 2. The van der Waals surface area contributed by atoms with Gasteiger partial charge in [-0.2, -0.15) is 5.01 Å². The maximum atomic E-state index is 13.5. The van der Waals surface area contributed by atoms with E-state index < -0.39 is 66.9 Å². The van der Waals surface area contributed by atoms with E-state index in [1.165, 1.54) is 18.5 Å². The molecule has 5 amide bonds. The fourth-order valence-corrected chi connectivity index (χ4v) is 4.39. The van der Waals surface area contributed by atoms with E-state index in [2.05, 4.69) is 10.3 Å². The summed E-state index contributed by atoms with van der Waals surface area (Å²) < 4.78 is 13.8. The Morgan fingerprint density at radius 2 is 1.72 bits per heavy atom. The Morgan fingerprint density at radius 3 is 2.26 bits per heavy atom. The number of carboxylic acid groups (broad SMARTS) is 3. The van der Waals surface area contributed by atoms with Crippen LogP contribution in [0.2, 0.25) is 0 Å². The molecule has 0 aromatic carbocycles. The van der Waals surface area contributed by atoms with Gasteiger partial charge in [0, 0.05) is 25.7 Å². The molecule has 3 N–H and O–H groups in total. The summed E-state index contributed by atoms with van der Waals surface area (Å²) in [6.07, 6.45) is -0.474. The van der Waals surface area contributed by atoms with E-state index >= 15 is 0 Å². The number of halogens is 1. The van der Waals surface area contributed by atoms with Crippen LogP contribution in [-0.2, 0) is 32.1 Å². The average Bonchev–Trinajstić information content (AvgIpc) is 3.34. The Bertz CT molecular complexity index is 1090. The quantitative estimate of drug-likeness (QED) is 0.198. The first-order valence-corrected chi connectivity index (χ1v) is 12.6. The number of hydrazine groups is 1. The number of carboxylic acids is 2. The highest BCUT2D eigenvalue weighted by Crippen LogP contribution is 2.38. The highest BCUT2D eigenvalue weighted by Gasteiger charge is 2.59. The molecule has 1 saturated heterocycles. The molecule has 1 aromatic rings. The lowest BCUT2D eigenvalue weighted by Crippen LogP contribution is -2.71. The number of aliphatic carboxylic acids is 2. The Labute approximate surface area is 223 Å². The Hall–Kier alpha value is -4.11. The Balaban J connectivity index is 2.30. The largest absolute Gasteiger partial charge is 0.481 e. The van der Waals surface area contributed by atoms with Crippen LogP contribution in [0, 0.1) is 5.41 Å². The van der Waals surface area contributed by atoms with Gasteiger partial charge in [-0.1, -0.05) is 19.1 Å². The van der Waals surface area contributed by atoms with Crippen molar-refractivity contribution in [2.24, 2.45) is 5.41 Å². The number of carbonyl (C=O) groups is 6. The summed E-state index contributed by atoms with van der Waals surface area (Å²) in [5, 5.41) is 37.2. The van der Waals surface area contributed by atoms with Gasteiger partial charge in [-0.05, 0) is 44.9 Å². The molecule has 1 atom stereocenters. The standard InChI is InChI=1S/C23H33FN6O9/c1-3-23(4-2)19(35)29(16(18(33)34)9-10-17(31)32)21(37)30(20(23)36)28(22(38)39)13-6-5-12-27-14-15(25-26-27)8-7-11-24/h14,16H,3-13H2,1-2H3,(H,31,32)(H,33,34)(H,38,39)/t16-/m0/s1. The number of aryl methyl sites for hydroxylation is 2. The van der Waals surface area contributed by atoms with Gasteiger partial charge in [0.1, 0.15) is 11.5 Å². The minimum absolute atomic E-state index is 0.142. The monoisotopic (exact) mass is 556 g/mol. The number of alkyl halides is 1. The summed E-state index contributed by atoms with van der Waals surface area (Å²) in [4.78, 5) is 75.8. The van der Waals surface area contributed by atoms with Crippen LogP contribution >= 0.6 is 0 Å². The van der Waals surface area contributed by atoms with Crippen LogP contribution in [0.3, 0.4) is 0 Å². The van der Waals surface area contributed by atoms with Crippen molar-refractivity contribution in [1.82, 2.24) is 29.9 Å². The van der Waals surface area contributed by atoms with E-state index in [4.69, 9.17) is 5.11 Å². The van der Waals surface area contributed by atoms with E-state index in [1.54, 1.807) is 6.20 Å². The fraction of sp³-hybridized carbons (Fsp3) is 0.652. The first-order valence-electron chi connectivity index (χ1n) is 12.6. The van der Waals surface area contributed by atoms with Gasteiger partial charge in [-0.3, -0.25) is 23.5 Å². The molecule has 0 bridgehead atoms. The highest BCUT2D eigenvalue weighted by molar-refractivity contribution is 6.20. The highest BCUT2D eigenvalue weighted by atomic mass is 19.1. The van der Waals surface area contributed by atoms with Crippen LogP contribution in [0.5, 0.6) is 0 Å². The average molecular weight is 557 g/mol. The maximum Gasteiger partial charge on any atom is 0.426 e. The predicted octanol–water partition coefficient (Wildman–Crippen LogP) is 1.77. The molecule has 2 heterocycles. The molecule has 0 unspecified atom stereocenters. The molecule has 2 rings (SSSR count). The first-order chi connectivity index (χ1) is 18.4. The lowest BCUT2D eigenvalue weighted by atomic mass is 9.77. The molecule has 16 heteroatoms. The fourth-order valence-electron chi connectivity index (χ4n) is 4.39. The molecular weight excluding hydrogens is 523 g/mol.